The molecular formula is C8H12N4O3. The molecule has 1 aromatic heterocycles. The molecule has 0 aliphatic rings. The van der Waals surface area contributed by atoms with Crippen molar-refractivity contribution >= 4 is 11.9 Å². The first-order valence-corrected chi connectivity index (χ1v) is 4.41. The van der Waals surface area contributed by atoms with E-state index in [-0.39, 0.29) is 11.7 Å². The summed E-state index contributed by atoms with van der Waals surface area (Å²) in [7, 11) is 0. The molecule has 0 bridgehead atoms. The summed E-state index contributed by atoms with van der Waals surface area (Å²) in [5.41, 5.74) is 0. The minimum Gasteiger partial charge on any atom is -0.480 e. The first-order chi connectivity index (χ1) is 7.02. The van der Waals surface area contributed by atoms with E-state index in [1.54, 1.807) is 13.8 Å². The SMILES string of the molecule is CC(C)[C@@H](NC(=O)c1ncn[nH]1)C(=O)O. The molecule has 1 amide bonds. The van der Waals surface area contributed by atoms with E-state index < -0.39 is 17.9 Å². The fraction of sp³-hybridized carbons (Fsp3) is 0.500. The molecule has 0 aromatic carbocycles. The van der Waals surface area contributed by atoms with Crippen molar-refractivity contribution in [2.45, 2.75) is 19.9 Å². The summed E-state index contributed by atoms with van der Waals surface area (Å²) in [6.07, 6.45) is 1.18. The largest absolute Gasteiger partial charge is 0.480 e. The number of nitrogens with zero attached hydrogens (tertiary/aromatic N) is 2. The Morgan fingerprint density at radius 1 is 1.53 bits per heavy atom. The van der Waals surface area contributed by atoms with Crippen LogP contribution in [0.4, 0.5) is 0 Å². The Morgan fingerprint density at radius 2 is 2.20 bits per heavy atom. The van der Waals surface area contributed by atoms with E-state index in [9.17, 15) is 9.59 Å². The molecule has 15 heavy (non-hydrogen) atoms. The second kappa shape index (κ2) is 4.54. The summed E-state index contributed by atoms with van der Waals surface area (Å²) in [5, 5.41) is 17.0. The van der Waals surface area contributed by atoms with Gasteiger partial charge in [-0.15, -0.1) is 0 Å². The summed E-state index contributed by atoms with van der Waals surface area (Å²) < 4.78 is 0. The van der Waals surface area contributed by atoms with Gasteiger partial charge in [0.05, 0.1) is 0 Å². The summed E-state index contributed by atoms with van der Waals surface area (Å²) in [4.78, 5) is 25.8. The van der Waals surface area contributed by atoms with Gasteiger partial charge in [-0.1, -0.05) is 13.8 Å². The van der Waals surface area contributed by atoms with Gasteiger partial charge < -0.3 is 10.4 Å². The minimum atomic E-state index is -1.07. The lowest BCUT2D eigenvalue weighted by molar-refractivity contribution is -0.140. The molecule has 0 aliphatic heterocycles. The predicted molar refractivity (Wildman–Crippen MR) is 50.1 cm³/mol. The van der Waals surface area contributed by atoms with Gasteiger partial charge in [-0.3, -0.25) is 9.89 Å². The third-order valence-electron chi connectivity index (χ3n) is 1.85. The van der Waals surface area contributed by atoms with Crippen molar-refractivity contribution in [2.75, 3.05) is 0 Å². The predicted octanol–water partition coefficient (Wildman–Crippen LogP) is -0.356. The van der Waals surface area contributed by atoms with Crippen molar-refractivity contribution in [3.8, 4) is 0 Å². The Bertz CT molecular complexity index is 347. The number of hydrogen-bond donors (Lipinski definition) is 3. The molecule has 0 spiro atoms. The second-order valence-corrected chi connectivity index (χ2v) is 3.37. The van der Waals surface area contributed by atoms with Crippen molar-refractivity contribution < 1.29 is 14.7 Å². The third kappa shape index (κ3) is 2.76. The Labute approximate surface area is 85.9 Å². The molecule has 82 valence electrons. The zero-order valence-corrected chi connectivity index (χ0v) is 8.39. The number of amides is 1. The molecule has 3 N–H and O–H groups in total. The summed E-state index contributed by atoms with van der Waals surface area (Å²) in [5.74, 6) is -1.84. The Kier molecular flexibility index (Phi) is 3.37. The summed E-state index contributed by atoms with van der Waals surface area (Å²) in [6, 6.07) is -0.928. The van der Waals surface area contributed by atoms with E-state index in [1.165, 1.54) is 6.33 Å². The van der Waals surface area contributed by atoms with Crippen LogP contribution in [0.25, 0.3) is 0 Å². The van der Waals surface area contributed by atoms with Crippen LogP contribution in [-0.4, -0.2) is 38.2 Å². The Morgan fingerprint density at radius 3 is 2.60 bits per heavy atom. The number of carbonyl (C=O) groups is 2. The molecule has 7 nitrogen and oxygen atoms in total. The van der Waals surface area contributed by atoms with Crippen LogP contribution in [0.3, 0.4) is 0 Å². The van der Waals surface area contributed by atoms with Crippen molar-refractivity contribution in [3.05, 3.63) is 12.2 Å². The average molecular weight is 212 g/mol. The highest BCUT2D eigenvalue weighted by atomic mass is 16.4. The van der Waals surface area contributed by atoms with Crippen molar-refractivity contribution in [1.82, 2.24) is 20.5 Å². The van der Waals surface area contributed by atoms with Crippen LogP contribution in [-0.2, 0) is 4.79 Å². The van der Waals surface area contributed by atoms with Crippen molar-refractivity contribution in [1.29, 1.82) is 0 Å². The molecular weight excluding hydrogens is 200 g/mol. The maximum absolute atomic E-state index is 11.4. The van der Waals surface area contributed by atoms with Gasteiger partial charge in [0.25, 0.3) is 5.91 Å². The van der Waals surface area contributed by atoms with Gasteiger partial charge >= 0.3 is 5.97 Å². The van der Waals surface area contributed by atoms with Crippen LogP contribution < -0.4 is 5.32 Å². The van der Waals surface area contributed by atoms with Crippen molar-refractivity contribution in [2.24, 2.45) is 5.92 Å². The zero-order chi connectivity index (χ0) is 11.4. The van der Waals surface area contributed by atoms with Gasteiger partial charge in [0.1, 0.15) is 12.4 Å². The lowest BCUT2D eigenvalue weighted by atomic mass is 10.1. The van der Waals surface area contributed by atoms with Crippen LogP contribution in [0.15, 0.2) is 6.33 Å². The molecule has 1 atom stereocenters. The zero-order valence-electron chi connectivity index (χ0n) is 8.39. The smallest absolute Gasteiger partial charge is 0.326 e. The molecule has 0 radical (unpaired) electrons. The fourth-order valence-corrected chi connectivity index (χ4v) is 1.04. The monoisotopic (exact) mass is 212 g/mol. The molecule has 0 saturated heterocycles. The van der Waals surface area contributed by atoms with E-state index >= 15 is 0 Å². The Balaban J connectivity index is 2.67. The van der Waals surface area contributed by atoms with Crippen LogP contribution in [0.2, 0.25) is 0 Å². The number of H-pyrrole nitrogens is 1. The number of carbonyl (C=O) groups excluding carboxylic acids is 1. The van der Waals surface area contributed by atoms with E-state index in [0.29, 0.717) is 0 Å². The Hall–Kier alpha value is -1.92. The molecule has 1 aromatic rings. The van der Waals surface area contributed by atoms with Gasteiger partial charge in [0.2, 0.25) is 5.82 Å². The summed E-state index contributed by atoms with van der Waals surface area (Å²) in [6.45, 7) is 3.42. The minimum absolute atomic E-state index is 0.00176. The lowest BCUT2D eigenvalue weighted by Gasteiger charge is -2.16. The standard InChI is InChI=1S/C8H12N4O3/c1-4(2)5(8(14)15)11-7(13)6-9-3-10-12-6/h3-5H,1-2H3,(H,11,13)(H,14,15)(H,9,10,12)/t5-/m1/s1. The van der Waals surface area contributed by atoms with Gasteiger partial charge in [0, 0.05) is 0 Å². The number of carboxylic acid groups (broad SMARTS) is 1. The van der Waals surface area contributed by atoms with E-state index in [2.05, 4.69) is 20.5 Å². The number of hydrogen-bond acceptors (Lipinski definition) is 4. The summed E-state index contributed by atoms with van der Waals surface area (Å²) >= 11 is 0. The second-order valence-electron chi connectivity index (χ2n) is 3.37. The topological polar surface area (TPSA) is 108 Å². The maximum Gasteiger partial charge on any atom is 0.326 e. The third-order valence-corrected chi connectivity index (χ3v) is 1.85. The molecule has 1 heterocycles. The number of carboxylic acids is 1. The molecule has 0 unspecified atom stereocenters. The highest BCUT2D eigenvalue weighted by molar-refractivity contribution is 5.93. The highest BCUT2D eigenvalue weighted by Gasteiger charge is 2.24. The van der Waals surface area contributed by atoms with Crippen LogP contribution in [0.1, 0.15) is 24.5 Å². The van der Waals surface area contributed by atoms with Gasteiger partial charge in [-0.05, 0) is 5.92 Å². The lowest BCUT2D eigenvalue weighted by Crippen LogP contribution is -2.44. The fourth-order valence-electron chi connectivity index (χ4n) is 1.04. The van der Waals surface area contributed by atoms with Gasteiger partial charge in [-0.2, -0.15) is 5.10 Å². The number of rotatable bonds is 4. The van der Waals surface area contributed by atoms with Gasteiger partial charge in [0.15, 0.2) is 0 Å². The maximum atomic E-state index is 11.4. The highest BCUT2D eigenvalue weighted by Crippen LogP contribution is 2.02. The number of aromatic amines is 1. The molecule has 0 fully saturated rings. The van der Waals surface area contributed by atoms with Gasteiger partial charge in [-0.25, -0.2) is 9.78 Å². The average Bonchev–Trinajstić information content (AvgIpc) is 2.65. The number of aromatic nitrogens is 3. The number of aliphatic carboxylic acids is 1. The van der Waals surface area contributed by atoms with E-state index in [0.717, 1.165) is 0 Å². The molecule has 0 aliphatic carbocycles. The molecule has 1 rings (SSSR count). The number of nitrogens with one attached hydrogen (secondary N) is 2. The van der Waals surface area contributed by atoms with E-state index in [1.807, 2.05) is 0 Å². The first kappa shape index (κ1) is 11.2. The molecule has 7 heteroatoms. The quantitative estimate of drug-likeness (QED) is 0.631. The first-order valence-electron chi connectivity index (χ1n) is 4.41. The normalized spacial score (nSPS) is 12.5. The van der Waals surface area contributed by atoms with Crippen molar-refractivity contribution in [3.63, 3.8) is 0 Å². The molecule has 0 saturated carbocycles. The van der Waals surface area contributed by atoms with Crippen LogP contribution in [0.5, 0.6) is 0 Å². The van der Waals surface area contributed by atoms with Crippen LogP contribution >= 0.6 is 0 Å². The van der Waals surface area contributed by atoms with Crippen LogP contribution in [0, 0.1) is 5.92 Å². The van der Waals surface area contributed by atoms with E-state index in [4.69, 9.17) is 5.11 Å².